The summed E-state index contributed by atoms with van der Waals surface area (Å²) in [6.45, 7) is -0.0926. The van der Waals surface area contributed by atoms with Gasteiger partial charge in [-0.3, -0.25) is 4.79 Å². The van der Waals surface area contributed by atoms with Crippen molar-refractivity contribution in [3.05, 3.63) is 65.0 Å². The quantitative estimate of drug-likeness (QED) is 0.752. The summed E-state index contributed by atoms with van der Waals surface area (Å²) in [5.41, 5.74) is 1.73. The molecule has 0 saturated heterocycles. The summed E-state index contributed by atoms with van der Waals surface area (Å²) in [6, 6.07) is 16.3. The third kappa shape index (κ3) is 3.23. The highest BCUT2D eigenvalue weighted by Crippen LogP contribution is 2.29. The fraction of sp³-hybridized carbons (Fsp3) is 0.111. The van der Waals surface area contributed by atoms with Gasteiger partial charge in [0, 0.05) is 24.6 Å². The van der Waals surface area contributed by atoms with E-state index in [2.05, 4.69) is 5.32 Å². The molecule has 0 aliphatic carbocycles. The van der Waals surface area contributed by atoms with E-state index in [4.69, 9.17) is 9.15 Å². The number of nitrogens with one attached hydrogen (secondary N) is 1. The Morgan fingerprint density at radius 3 is 2.65 bits per heavy atom. The minimum absolute atomic E-state index is 0.0926. The van der Waals surface area contributed by atoms with E-state index in [-0.39, 0.29) is 12.5 Å². The van der Waals surface area contributed by atoms with E-state index in [0.717, 1.165) is 16.5 Å². The number of hydrogen-bond acceptors (Lipinski definition) is 4. The van der Waals surface area contributed by atoms with E-state index >= 15 is 0 Å². The van der Waals surface area contributed by atoms with Crippen molar-refractivity contribution >= 4 is 16.9 Å². The molecule has 0 fully saturated rings. The molecule has 0 unspecified atom stereocenters. The van der Waals surface area contributed by atoms with Crippen LogP contribution in [0.5, 0.6) is 5.75 Å². The van der Waals surface area contributed by atoms with Crippen molar-refractivity contribution < 1.29 is 13.9 Å². The lowest BCUT2D eigenvalue weighted by molar-refractivity contribution is -0.122. The Labute approximate surface area is 132 Å². The molecule has 0 bridgehead atoms. The van der Waals surface area contributed by atoms with Gasteiger partial charge in [0.15, 0.2) is 6.61 Å². The first-order valence-electron chi connectivity index (χ1n) is 7.14. The molecule has 2 aromatic carbocycles. The number of benzene rings is 2. The average molecular weight is 309 g/mol. The lowest BCUT2D eigenvalue weighted by atomic mass is 10.0. The van der Waals surface area contributed by atoms with Gasteiger partial charge < -0.3 is 14.5 Å². The summed E-state index contributed by atoms with van der Waals surface area (Å²) in [5, 5.41) is 3.28. The SMILES string of the molecule is CNC(=O)COc1ccc2c(-c3ccccc3)cc(=O)oc2c1. The third-order valence-corrected chi connectivity index (χ3v) is 3.45. The molecule has 0 atom stereocenters. The van der Waals surface area contributed by atoms with Crippen LogP contribution in [0.3, 0.4) is 0 Å². The summed E-state index contributed by atoms with van der Waals surface area (Å²) < 4.78 is 10.6. The summed E-state index contributed by atoms with van der Waals surface area (Å²) in [6.07, 6.45) is 0. The second-order valence-corrected chi connectivity index (χ2v) is 4.96. The molecular weight excluding hydrogens is 294 g/mol. The van der Waals surface area contributed by atoms with Gasteiger partial charge in [-0.2, -0.15) is 0 Å². The molecule has 1 heterocycles. The van der Waals surface area contributed by atoms with Crippen LogP contribution in [-0.4, -0.2) is 19.6 Å². The smallest absolute Gasteiger partial charge is 0.336 e. The van der Waals surface area contributed by atoms with Crippen LogP contribution in [0, 0.1) is 0 Å². The third-order valence-electron chi connectivity index (χ3n) is 3.45. The molecular formula is C18H15NO4. The van der Waals surface area contributed by atoms with Crippen LogP contribution < -0.4 is 15.7 Å². The van der Waals surface area contributed by atoms with Crippen molar-refractivity contribution in [2.45, 2.75) is 0 Å². The Kier molecular flexibility index (Phi) is 4.10. The summed E-state index contributed by atoms with van der Waals surface area (Å²) >= 11 is 0. The van der Waals surface area contributed by atoms with Gasteiger partial charge in [0.1, 0.15) is 11.3 Å². The van der Waals surface area contributed by atoms with Gasteiger partial charge in [0.05, 0.1) is 0 Å². The van der Waals surface area contributed by atoms with Crippen molar-refractivity contribution in [1.29, 1.82) is 0 Å². The van der Waals surface area contributed by atoms with Gasteiger partial charge >= 0.3 is 5.63 Å². The molecule has 0 saturated carbocycles. The molecule has 0 radical (unpaired) electrons. The van der Waals surface area contributed by atoms with Crippen molar-refractivity contribution in [2.24, 2.45) is 0 Å². The predicted octanol–water partition coefficient (Wildman–Crippen LogP) is 2.58. The van der Waals surface area contributed by atoms with Crippen molar-refractivity contribution in [3.8, 4) is 16.9 Å². The molecule has 1 aromatic heterocycles. The zero-order valence-corrected chi connectivity index (χ0v) is 12.5. The van der Waals surface area contributed by atoms with E-state index in [9.17, 15) is 9.59 Å². The number of carbonyl (C=O) groups excluding carboxylic acids is 1. The maximum Gasteiger partial charge on any atom is 0.336 e. The van der Waals surface area contributed by atoms with Crippen LogP contribution in [-0.2, 0) is 4.79 Å². The van der Waals surface area contributed by atoms with Crippen molar-refractivity contribution in [3.63, 3.8) is 0 Å². The first-order valence-corrected chi connectivity index (χ1v) is 7.14. The van der Waals surface area contributed by atoms with Crippen LogP contribution in [0.4, 0.5) is 0 Å². The lowest BCUT2D eigenvalue weighted by Gasteiger charge is -2.08. The molecule has 5 nitrogen and oxygen atoms in total. The topological polar surface area (TPSA) is 68.5 Å². The van der Waals surface area contributed by atoms with Crippen LogP contribution >= 0.6 is 0 Å². The molecule has 23 heavy (non-hydrogen) atoms. The maximum atomic E-state index is 11.8. The minimum Gasteiger partial charge on any atom is -0.484 e. The molecule has 3 aromatic rings. The summed E-state index contributed by atoms with van der Waals surface area (Å²) in [5.74, 6) is 0.235. The highest BCUT2D eigenvalue weighted by Gasteiger charge is 2.09. The number of hydrogen-bond donors (Lipinski definition) is 1. The van der Waals surface area contributed by atoms with Gasteiger partial charge in [-0.25, -0.2) is 4.79 Å². The summed E-state index contributed by atoms with van der Waals surface area (Å²) in [4.78, 5) is 23.1. The van der Waals surface area contributed by atoms with Gasteiger partial charge in [-0.05, 0) is 23.3 Å². The lowest BCUT2D eigenvalue weighted by Crippen LogP contribution is -2.24. The van der Waals surface area contributed by atoms with Crippen LogP contribution in [0.15, 0.2) is 63.8 Å². The largest absolute Gasteiger partial charge is 0.484 e. The van der Waals surface area contributed by atoms with E-state index in [1.165, 1.54) is 13.1 Å². The standard InChI is InChI=1S/C18H15NO4/c1-19-17(20)11-22-13-7-8-14-15(12-5-3-2-4-6-12)10-18(21)23-16(14)9-13/h2-10H,11H2,1H3,(H,19,20). The normalized spacial score (nSPS) is 10.5. The average Bonchev–Trinajstić information content (AvgIpc) is 2.59. The van der Waals surface area contributed by atoms with Gasteiger partial charge in [0.2, 0.25) is 0 Å². The molecule has 3 rings (SSSR count). The van der Waals surface area contributed by atoms with Crippen LogP contribution in [0.25, 0.3) is 22.1 Å². The number of fused-ring (bicyclic) bond motifs is 1. The Morgan fingerprint density at radius 2 is 1.91 bits per heavy atom. The molecule has 5 heteroatoms. The molecule has 0 aliphatic rings. The van der Waals surface area contributed by atoms with Crippen LogP contribution in [0.2, 0.25) is 0 Å². The predicted molar refractivity (Wildman–Crippen MR) is 87.5 cm³/mol. The fourth-order valence-electron chi connectivity index (χ4n) is 2.31. The van der Waals surface area contributed by atoms with Crippen molar-refractivity contribution in [2.75, 3.05) is 13.7 Å². The van der Waals surface area contributed by atoms with Gasteiger partial charge in [-0.1, -0.05) is 30.3 Å². The monoisotopic (exact) mass is 309 g/mol. The molecule has 116 valence electrons. The molecule has 0 aliphatic heterocycles. The van der Waals surface area contributed by atoms with Crippen LogP contribution in [0.1, 0.15) is 0 Å². The van der Waals surface area contributed by atoms with E-state index in [1.807, 2.05) is 36.4 Å². The molecule has 1 amide bonds. The number of ether oxygens (including phenoxy) is 1. The second-order valence-electron chi connectivity index (χ2n) is 4.96. The highest BCUT2D eigenvalue weighted by molar-refractivity contribution is 5.93. The highest BCUT2D eigenvalue weighted by atomic mass is 16.5. The van der Waals surface area contributed by atoms with Gasteiger partial charge in [0.25, 0.3) is 5.91 Å². The number of amides is 1. The first kappa shape index (κ1) is 14.8. The Bertz CT molecular complexity index is 900. The van der Waals surface area contributed by atoms with E-state index < -0.39 is 5.63 Å². The first-order chi connectivity index (χ1) is 11.2. The summed E-state index contributed by atoms with van der Waals surface area (Å²) in [7, 11) is 1.54. The Balaban J connectivity index is 2.04. The number of rotatable bonds is 4. The minimum atomic E-state index is -0.431. The zero-order valence-electron chi connectivity index (χ0n) is 12.5. The fourth-order valence-corrected chi connectivity index (χ4v) is 2.31. The Hall–Kier alpha value is -3.08. The van der Waals surface area contributed by atoms with Crippen molar-refractivity contribution in [1.82, 2.24) is 5.32 Å². The number of likely N-dealkylation sites (N-methyl/N-ethyl adjacent to an activating group) is 1. The van der Waals surface area contributed by atoms with E-state index in [0.29, 0.717) is 11.3 Å². The Morgan fingerprint density at radius 1 is 1.13 bits per heavy atom. The molecule has 1 N–H and O–H groups in total. The van der Waals surface area contributed by atoms with E-state index in [1.54, 1.807) is 12.1 Å². The number of carbonyl (C=O) groups is 1. The molecule has 0 spiro atoms. The maximum absolute atomic E-state index is 11.8. The zero-order chi connectivity index (χ0) is 16.2. The van der Waals surface area contributed by atoms with Gasteiger partial charge in [-0.15, -0.1) is 0 Å². The second kappa shape index (κ2) is 6.36.